The van der Waals surface area contributed by atoms with Crippen LogP contribution in [0.5, 0.6) is 5.75 Å². The van der Waals surface area contributed by atoms with Crippen molar-refractivity contribution in [2.45, 2.75) is 19.8 Å². The maximum atomic E-state index is 10.9. The Bertz CT molecular complexity index is 414. The Morgan fingerprint density at radius 3 is 2.82 bits per heavy atom. The Hall–Kier alpha value is -1.56. The van der Waals surface area contributed by atoms with E-state index in [1.165, 1.54) is 11.3 Å². The van der Waals surface area contributed by atoms with E-state index in [9.17, 15) is 9.59 Å². The largest absolute Gasteiger partial charge is 0.492 e. The van der Waals surface area contributed by atoms with Crippen molar-refractivity contribution in [3.05, 3.63) is 15.8 Å². The zero-order chi connectivity index (χ0) is 12.8. The molecule has 0 spiro atoms. The van der Waals surface area contributed by atoms with Crippen LogP contribution in [0.2, 0.25) is 0 Å². The quantitative estimate of drug-likeness (QED) is 0.760. The van der Waals surface area contributed by atoms with Gasteiger partial charge in [0.25, 0.3) is 0 Å². The molecule has 0 aliphatic carbocycles. The van der Waals surface area contributed by atoms with Gasteiger partial charge in [0.2, 0.25) is 5.91 Å². The van der Waals surface area contributed by atoms with Crippen LogP contribution >= 0.6 is 11.3 Å². The average molecular weight is 257 g/mol. The number of carbonyl (C=O) groups is 2. The first kappa shape index (κ1) is 13.5. The van der Waals surface area contributed by atoms with E-state index in [-0.39, 0.29) is 10.8 Å². The maximum absolute atomic E-state index is 10.9. The van der Waals surface area contributed by atoms with Crippen molar-refractivity contribution >= 4 is 23.2 Å². The third-order valence-corrected chi connectivity index (χ3v) is 3.12. The van der Waals surface area contributed by atoms with E-state index in [2.05, 4.69) is 5.32 Å². The van der Waals surface area contributed by atoms with E-state index < -0.39 is 5.97 Å². The highest BCUT2D eigenvalue weighted by molar-refractivity contribution is 7.14. The Morgan fingerprint density at radius 1 is 1.53 bits per heavy atom. The standard InChI is InChI=1S/C11H15NO4S/c1-7-6-8(10(17-7)11(14)15)16-5-3-4-9(13)12-2/h6H,3-5H2,1-2H3,(H,12,13)(H,14,15). The number of aromatic carboxylic acids is 1. The van der Waals surface area contributed by atoms with Gasteiger partial charge in [0.05, 0.1) is 6.61 Å². The summed E-state index contributed by atoms with van der Waals surface area (Å²) in [6.45, 7) is 2.17. The maximum Gasteiger partial charge on any atom is 0.349 e. The summed E-state index contributed by atoms with van der Waals surface area (Å²) in [7, 11) is 1.58. The molecule has 0 bridgehead atoms. The lowest BCUT2D eigenvalue weighted by molar-refractivity contribution is -0.120. The predicted octanol–water partition coefficient (Wildman–Crippen LogP) is 1.66. The van der Waals surface area contributed by atoms with Crippen LogP contribution < -0.4 is 10.1 Å². The molecular weight excluding hydrogens is 242 g/mol. The van der Waals surface area contributed by atoms with E-state index in [0.717, 1.165) is 4.88 Å². The van der Waals surface area contributed by atoms with Gasteiger partial charge in [-0.1, -0.05) is 0 Å². The molecule has 0 saturated heterocycles. The minimum atomic E-state index is -0.982. The van der Waals surface area contributed by atoms with Crippen molar-refractivity contribution in [2.75, 3.05) is 13.7 Å². The van der Waals surface area contributed by atoms with Gasteiger partial charge in [-0.2, -0.15) is 0 Å². The summed E-state index contributed by atoms with van der Waals surface area (Å²) < 4.78 is 5.36. The summed E-state index contributed by atoms with van der Waals surface area (Å²) >= 11 is 1.19. The van der Waals surface area contributed by atoms with Crippen LogP contribution in [-0.4, -0.2) is 30.6 Å². The van der Waals surface area contributed by atoms with Gasteiger partial charge in [-0.15, -0.1) is 11.3 Å². The molecule has 0 saturated carbocycles. The number of amides is 1. The lowest BCUT2D eigenvalue weighted by atomic mass is 10.3. The van der Waals surface area contributed by atoms with Gasteiger partial charge in [0, 0.05) is 18.3 Å². The molecule has 94 valence electrons. The summed E-state index contributed by atoms with van der Waals surface area (Å²) in [4.78, 5) is 22.9. The van der Waals surface area contributed by atoms with Gasteiger partial charge < -0.3 is 15.2 Å². The molecule has 17 heavy (non-hydrogen) atoms. The Balaban J connectivity index is 2.46. The van der Waals surface area contributed by atoms with E-state index in [1.54, 1.807) is 13.1 Å². The van der Waals surface area contributed by atoms with E-state index >= 15 is 0 Å². The number of nitrogens with one attached hydrogen (secondary N) is 1. The van der Waals surface area contributed by atoms with Crippen molar-refractivity contribution < 1.29 is 19.4 Å². The predicted molar refractivity (Wildman–Crippen MR) is 64.8 cm³/mol. The van der Waals surface area contributed by atoms with Crippen molar-refractivity contribution in [1.29, 1.82) is 0 Å². The molecule has 1 rings (SSSR count). The first-order valence-electron chi connectivity index (χ1n) is 5.21. The first-order valence-corrected chi connectivity index (χ1v) is 6.03. The zero-order valence-corrected chi connectivity index (χ0v) is 10.6. The van der Waals surface area contributed by atoms with Crippen molar-refractivity contribution in [3.63, 3.8) is 0 Å². The summed E-state index contributed by atoms with van der Waals surface area (Å²) in [5, 5.41) is 11.4. The zero-order valence-electron chi connectivity index (χ0n) is 9.78. The summed E-state index contributed by atoms with van der Waals surface area (Å²) in [5.74, 6) is -0.644. The van der Waals surface area contributed by atoms with E-state index in [1.807, 2.05) is 6.92 Å². The lowest BCUT2D eigenvalue weighted by Gasteiger charge is -2.04. The number of thiophene rings is 1. The number of carboxylic acids is 1. The third kappa shape index (κ3) is 4.07. The van der Waals surface area contributed by atoms with Gasteiger partial charge in [-0.25, -0.2) is 4.79 Å². The number of carbonyl (C=O) groups excluding carboxylic acids is 1. The number of aryl methyl sites for hydroxylation is 1. The fourth-order valence-corrected chi connectivity index (χ4v) is 2.08. The molecule has 0 radical (unpaired) electrons. The van der Waals surface area contributed by atoms with Crippen LogP contribution in [0.1, 0.15) is 27.4 Å². The summed E-state index contributed by atoms with van der Waals surface area (Å²) in [5.41, 5.74) is 0. The minimum absolute atomic E-state index is 0.0476. The molecule has 1 aromatic heterocycles. The molecule has 5 nitrogen and oxygen atoms in total. The highest BCUT2D eigenvalue weighted by atomic mass is 32.1. The molecule has 0 atom stereocenters. The molecule has 1 amide bonds. The highest BCUT2D eigenvalue weighted by Crippen LogP contribution is 2.28. The van der Waals surface area contributed by atoms with Crippen LogP contribution in [0.25, 0.3) is 0 Å². The SMILES string of the molecule is CNC(=O)CCCOc1cc(C)sc1C(=O)O. The molecule has 1 aromatic rings. The van der Waals surface area contributed by atoms with Gasteiger partial charge in [-0.3, -0.25) is 4.79 Å². The monoisotopic (exact) mass is 257 g/mol. The number of rotatable bonds is 6. The number of carboxylic acid groups (broad SMARTS) is 1. The third-order valence-electron chi connectivity index (χ3n) is 2.10. The fourth-order valence-electron chi connectivity index (χ4n) is 1.29. The van der Waals surface area contributed by atoms with Gasteiger partial charge in [0.1, 0.15) is 5.75 Å². The number of hydrogen-bond acceptors (Lipinski definition) is 4. The second-order valence-corrected chi connectivity index (χ2v) is 4.74. The van der Waals surface area contributed by atoms with Gasteiger partial charge in [0.15, 0.2) is 4.88 Å². The molecule has 2 N–H and O–H groups in total. The molecule has 1 heterocycles. The van der Waals surface area contributed by atoms with Gasteiger partial charge in [-0.05, 0) is 19.4 Å². The van der Waals surface area contributed by atoms with Crippen molar-refractivity contribution in [1.82, 2.24) is 5.32 Å². The average Bonchev–Trinajstić information content (AvgIpc) is 2.65. The fraction of sp³-hybridized carbons (Fsp3) is 0.455. The molecule has 0 aromatic carbocycles. The van der Waals surface area contributed by atoms with Crippen molar-refractivity contribution in [2.24, 2.45) is 0 Å². The smallest absolute Gasteiger partial charge is 0.349 e. The Morgan fingerprint density at radius 2 is 2.24 bits per heavy atom. The Labute approximate surface area is 103 Å². The van der Waals surface area contributed by atoms with E-state index in [0.29, 0.717) is 25.2 Å². The van der Waals surface area contributed by atoms with Crippen LogP contribution in [0.3, 0.4) is 0 Å². The summed E-state index contributed by atoms with van der Waals surface area (Å²) in [6.07, 6.45) is 0.940. The molecular formula is C11H15NO4S. The van der Waals surface area contributed by atoms with Crippen LogP contribution in [0, 0.1) is 6.92 Å². The van der Waals surface area contributed by atoms with Gasteiger partial charge >= 0.3 is 5.97 Å². The molecule has 0 fully saturated rings. The second-order valence-electron chi connectivity index (χ2n) is 3.48. The normalized spacial score (nSPS) is 10.0. The van der Waals surface area contributed by atoms with Crippen molar-refractivity contribution in [3.8, 4) is 5.75 Å². The van der Waals surface area contributed by atoms with Crippen LogP contribution in [0.15, 0.2) is 6.07 Å². The lowest BCUT2D eigenvalue weighted by Crippen LogP contribution is -2.18. The number of ether oxygens (including phenoxy) is 1. The van der Waals surface area contributed by atoms with Crippen LogP contribution in [0.4, 0.5) is 0 Å². The summed E-state index contributed by atoms with van der Waals surface area (Å²) in [6, 6.07) is 1.70. The van der Waals surface area contributed by atoms with E-state index in [4.69, 9.17) is 9.84 Å². The number of hydrogen-bond donors (Lipinski definition) is 2. The molecule has 0 unspecified atom stereocenters. The second kappa shape index (κ2) is 6.24. The highest BCUT2D eigenvalue weighted by Gasteiger charge is 2.15. The van der Waals surface area contributed by atoms with Crippen LogP contribution in [-0.2, 0) is 4.79 Å². The first-order chi connectivity index (χ1) is 8.04. The molecule has 6 heteroatoms. The molecule has 0 aliphatic heterocycles. The Kier molecular flexibility index (Phi) is 4.96. The minimum Gasteiger partial charge on any atom is -0.492 e. The molecule has 0 aliphatic rings. The topological polar surface area (TPSA) is 75.6 Å².